The van der Waals surface area contributed by atoms with Crippen molar-refractivity contribution in [3.8, 4) is 0 Å². The van der Waals surface area contributed by atoms with Gasteiger partial charge in [-0.25, -0.2) is 4.39 Å². The number of hydrogen-bond acceptors (Lipinski definition) is 6. The number of furan rings is 1. The molecule has 7 nitrogen and oxygen atoms in total. The summed E-state index contributed by atoms with van der Waals surface area (Å²) in [4.78, 5) is 29.9. The Morgan fingerprint density at radius 2 is 1.75 bits per heavy atom. The summed E-state index contributed by atoms with van der Waals surface area (Å²) in [5.41, 5.74) is 0.983. The van der Waals surface area contributed by atoms with Crippen LogP contribution in [-0.4, -0.2) is 49.4 Å². The third kappa shape index (κ3) is 5.54. The Bertz CT molecular complexity index is 1000. The highest BCUT2D eigenvalue weighted by Gasteiger charge is 2.28. The number of carbonyl (C=O) groups is 2. The smallest absolute Gasteiger partial charge is 0.309 e. The van der Waals surface area contributed by atoms with Crippen molar-refractivity contribution < 1.29 is 18.4 Å². The number of carbonyl (C=O) groups excluding carboxylic acids is 2. The van der Waals surface area contributed by atoms with E-state index in [0.29, 0.717) is 6.54 Å². The minimum Gasteiger partial charge on any atom is -0.468 e. The lowest BCUT2D eigenvalue weighted by Crippen LogP contribution is -2.50. The molecule has 0 bridgehead atoms. The highest BCUT2D eigenvalue weighted by Crippen LogP contribution is 2.24. The molecule has 2 aromatic heterocycles. The van der Waals surface area contributed by atoms with E-state index in [1.165, 1.54) is 23.5 Å². The predicted molar refractivity (Wildman–Crippen MR) is 121 cm³/mol. The number of nitrogens with zero attached hydrogens (tertiary/aromatic N) is 2. The van der Waals surface area contributed by atoms with Crippen molar-refractivity contribution in [2.75, 3.05) is 37.6 Å². The van der Waals surface area contributed by atoms with Crippen LogP contribution in [0.1, 0.15) is 16.7 Å². The molecule has 4 rings (SSSR count). The summed E-state index contributed by atoms with van der Waals surface area (Å²) < 4.78 is 18.8. The lowest BCUT2D eigenvalue weighted by molar-refractivity contribution is -0.139. The zero-order valence-electron chi connectivity index (χ0n) is 17.5. The SMILES string of the molecule is O=C(NCc1cccs1)C(=O)NC[C@@H](c1ccco1)N1CCN(c2ccc(F)cc2)CC1. The van der Waals surface area contributed by atoms with Gasteiger partial charge in [-0.2, -0.15) is 0 Å². The first-order chi connectivity index (χ1) is 15.6. The maximum atomic E-state index is 13.2. The molecule has 1 atom stereocenters. The molecule has 0 spiro atoms. The molecule has 32 heavy (non-hydrogen) atoms. The first kappa shape index (κ1) is 22.0. The Hall–Kier alpha value is -3.17. The van der Waals surface area contributed by atoms with Crippen molar-refractivity contribution in [3.63, 3.8) is 0 Å². The molecule has 9 heteroatoms. The summed E-state index contributed by atoms with van der Waals surface area (Å²) in [6.45, 7) is 3.59. The van der Waals surface area contributed by atoms with Crippen LogP contribution in [0.5, 0.6) is 0 Å². The standard InChI is InChI=1S/C23H25FN4O3S/c24-17-5-7-18(8-6-17)27-9-11-28(12-10-27)20(21-4-1-13-31-21)16-26-23(30)22(29)25-15-19-3-2-14-32-19/h1-8,13-14,20H,9-12,15-16H2,(H,25,29)(H,26,30)/t20-/m0/s1. The highest BCUT2D eigenvalue weighted by atomic mass is 32.1. The number of benzene rings is 1. The summed E-state index contributed by atoms with van der Waals surface area (Å²) in [5, 5.41) is 7.30. The van der Waals surface area contributed by atoms with E-state index in [0.717, 1.165) is 42.5 Å². The monoisotopic (exact) mass is 456 g/mol. The molecule has 1 fully saturated rings. The molecule has 168 valence electrons. The molecule has 2 N–H and O–H groups in total. The Kier molecular flexibility index (Phi) is 7.18. The van der Waals surface area contributed by atoms with Crippen molar-refractivity contribution in [2.24, 2.45) is 0 Å². The fourth-order valence-corrected chi connectivity index (χ4v) is 4.41. The number of anilines is 1. The van der Waals surface area contributed by atoms with Gasteiger partial charge in [0.1, 0.15) is 11.6 Å². The zero-order chi connectivity index (χ0) is 22.3. The van der Waals surface area contributed by atoms with Gasteiger partial charge < -0.3 is 20.0 Å². The number of rotatable bonds is 7. The van der Waals surface area contributed by atoms with Crippen molar-refractivity contribution in [2.45, 2.75) is 12.6 Å². The van der Waals surface area contributed by atoms with Crippen LogP contribution in [0.2, 0.25) is 0 Å². The molecular weight excluding hydrogens is 431 g/mol. The van der Waals surface area contributed by atoms with Gasteiger partial charge in [-0.15, -0.1) is 11.3 Å². The second-order valence-corrected chi connectivity index (χ2v) is 8.53. The third-order valence-electron chi connectivity index (χ3n) is 5.48. The number of hydrogen-bond donors (Lipinski definition) is 2. The number of nitrogens with one attached hydrogen (secondary N) is 2. The van der Waals surface area contributed by atoms with Gasteiger partial charge in [0.15, 0.2) is 0 Å². The molecule has 1 aromatic carbocycles. The molecule has 3 heterocycles. The van der Waals surface area contributed by atoms with E-state index in [1.54, 1.807) is 18.4 Å². The number of thiophene rings is 1. The molecule has 0 unspecified atom stereocenters. The largest absolute Gasteiger partial charge is 0.468 e. The van der Waals surface area contributed by atoms with Gasteiger partial charge in [0.05, 0.1) is 18.8 Å². The average molecular weight is 457 g/mol. The van der Waals surface area contributed by atoms with Crippen LogP contribution >= 0.6 is 11.3 Å². The molecule has 1 saturated heterocycles. The molecule has 0 aliphatic carbocycles. The highest BCUT2D eigenvalue weighted by molar-refractivity contribution is 7.09. The first-order valence-corrected chi connectivity index (χ1v) is 11.3. The van der Waals surface area contributed by atoms with Crippen LogP contribution in [0.4, 0.5) is 10.1 Å². The van der Waals surface area contributed by atoms with Crippen molar-refractivity contribution >= 4 is 28.8 Å². The lowest BCUT2D eigenvalue weighted by atomic mass is 10.1. The lowest BCUT2D eigenvalue weighted by Gasteiger charge is -2.39. The van der Waals surface area contributed by atoms with E-state index in [-0.39, 0.29) is 18.4 Å². The number of halogens is 1. The second-order valence-electron chi connectivity index (χ2n) is 7.50. The van der Waals surface area contributed by atoms with E-state index in [9.17, 15) is 14.0 Å². The van der Waals surface area contributed by atoms with Crippen LogP contribution < -0.4 is 15.5 Å². The van der Waals surface area contributed by atoms with Crippen LogP contribution in [0.15, 0.2) is 64.6 Å². The fraction of sp³-hybridized carbons (Fsp3) is 0.304. The van der Waals surface area contributed by atoms with Crippen LogP contribution in [0.25, 0.3) is 0 Å². The van der Waals surface area contributed by atoms with Crippen LogP contribution in [-0.2, 0) is 16.1 Å². The van der Waals surface area contributed by atoms with Gasteiger partial charge in [0.25, 0.3) is 0 Å². The van der Waals surface area contributed by atoms with Gasteiger partial charge in [0, 0.05) is 43.3 Å². The minimum atomic E-state index is -0.664. The summed E-state index contributed by atoms with van der Waals surface area (Å²) >= 11 is 1.52. The third-order valence-corrected chi connectivity index (χ3v) is 6.36. The van der Waals surface area contributed by atoms with Crippen LogP contribution in [0, 0.1) is 5.82 Å². The van der Waals surface area contributed by atoms with E-state index in [1.807, 2.05) is 29.6 Å². The first-order valence-electron chi connectivity index (χ1n) is 10.5. The van der Waals surface area contributed by atoms with Crippen molar-refractivity contribution in [1.82, 2.24) is 15.5 Å². The van der Waals surface area contributed by atoms with Crippen molar-refractivity contribution in [1.29, 1.82) is 0 Å². The van der Waals surface area contributed by atoms with Crippen LogP contribution in [0.3, 0.4) is 0 Å². The number of amides is 2. The molecule has 2 amide bonds. The Morgan fingerprint density at radius 1 is 1.00 bits per heavy atom. The summed E-state index contributed by atoms with van der Waals surface area (Å²) in [7, 11) is 0. The van der Waals surface area contributed by atoms with E-state index in [4.69, 9.17) is 4.42 Å². The second kappa shape index (κ2) is 10.4. The van der Waals surface area contributed by atoms with E-state index in [2.05, 4.69) is 20.4 Å². The topological polar surface area (TPSA) is 77.8 Å². The van der Waals surface area contributed by atoms with Gasteiger partial charge in [-0.05, 0) is 47.8 Å². The number of piperazine rings is 1. The average Bonchev–Trinajstić information content (AvgIpc) is 3.53. The Balaban J connectivity index is 1.32. The molecular formula is C23H25FN4O3S. The van der Waals surface area contributed by atoms with E-state index >= 15 is 0 Å². The quantitative estimate of drug-likeness (QED) is 0.535. The molecule has 1 aliphatic rings. The van der Waals surface area contributed by atoms with Gasteiger partial charge in [0.2, 0.25) is 0 Å². The minimum absolute atomic E-state index is 0.186. The molecule has 0 radical (unpaired) electrons. The molecule has 0 saturated carbocycles. The maximum Gasteiger partial charge on any atom is 0.309 e. The zero-order valence-corrected chi connectivity index (χ0v) is 18.3. The fourth-order valence-electron chi connectivity index (χ4n) is 3.76. The summed E-state index contributed by atoms with van der Waals surface area (Å²) in [6.07, 6.45) is 1.60. The normalized spacial score (nSPS) is 15.3. The summed E-state index contributed by atoms with van der Waals surface area (Å²) in [6, 6.07) is 13.8. The predicted octanol–water partition coefficient (Wildman–Crippen LogP) is 2.78. The Labute approximate surface area is 189 Å². The van der Waals surface area contributed by atoms with E-state index < -0.39 is 11.8 Å². The van der Waals surface area contributed by atoms with Gasteiger partial charge >= 0.3 is 11.8 Å². The summed E-state index contributed by atoms with van der Waals surface area (Å²) in [5.74, 6) is -0.833. The Morgan fingerprint density at radius 3 is 2.41 bits per heavy atom. The van der Waals surface area contributed by atoms with Crippen molar-refractivity contribution in [3.05, 3.63) is 76.6 Å². The van der Waals surface area contributed by atoms with Gasteiger partial charge in [-0.1, -0.05) is 6.07 Å². The molecule has 1 aliphatic heterocycles. The molecule has 3 aromatic rings. The maximum absolute atomic E-state index is 13.2. The van der Waals surface area contributed by atoms with Gasteiger partial charge in [-0.3, -0.25) is 14.5 Å².